The lowest BCUT2D eigenvalue weighted by Gasteiger charge is -2.59. The van der Waals surface area contributed by atoms with Crippen LogP contribution in [0.3, 0.4) is 0 Å². The highest BCUT2D eigenvalue weighted by Crippen LogP contribution is 2.67. The van der Waals surface area contributed by atoms with Gasteiger partial charge in [-0.1, -0.05) is 25.5 Å². The number of amides is 1. The van der Waals surface area contributed by atoms with Gasteiger partial charge in [-0.3, -0.25) is 14.9 Å². The van der Waals surface area contributed by atoms with Gasteiger partial charge in [0.25, 0.3) is 0 Å². The molecule has 9 nitrogen and oxygen atoms in total. The molecular formula is C33H41NO8. The van der Waals surface area contributed by atoms with Crippen molar-refractivity contribution in [3.63, 3.8) is 0 Å². The average Bonchev–Trinajstić information content (AvgIpc) is 3.24. The number of ether oxygens (including phenoxy) is 3. The first-order valence-electron chi connectivity index (χ1n) is 15.2. The number of benzene rings is 1. The van der Waals surface area contributed by atoms with Gasteiger partial charge in [-0.15, -0.1) is 0 Å². The van der Waals surface area contributed by atoms with Crippen molar-refractivity contribution in [1.29, 1.82) is 0 Å². The highest BCUT2D eigenvalue weighted by molar-refractivity contribution is 6.01. The molecule has 226 valence electrons. The molecule has 0 radical (unpaired) electrons. The second kappa shape index (κ2) is 10.9. The Labute approximate surface area is 246 Å². The Kier molecular flexibility index (Phi) is 7.56. The van der Waals surface area contributed by atoms with Crippen molar-refractivity contribution in [2.45, 2.75) is 76.6 Å². The molecule has 6 rings (SSSR count). The van der Waals surface area contributed by atoms with Crippen molar-refractivity contribution in [3.8, 4) is 5.75 Å². The maximum Gasteiger partial charge on any atom is 0.412 e. The molecule has 1 saturated heterocycles. The quantitative estimate of drug-likeness (QED) is 0.453. The molecule has 0 bridgehead atoms. The summed E-state index contributed by atoms with van der Waals surface area (Å²) in [4.78, 5) is 38.1. The Hall–Kier alpha value is -3.01. The third-order valence-corrected chi connectivity index (χ3v) is 11.0. The average molecular weight is 580 g/mol. The summed E-state index contributed by atoms with van der Waals surface area (Å²) in [5.41, 5.74) is -1.42. The summed E-state index contributed by atoms with van der Waals surface area (Å²) >= 11 is 0. The van der Waals surface area contributed by atoms with Crippen LogP contribution in [0, 0.1) is 28.6 Å². The number of allylic oxidation sites excluding steroid dienone is 4. The van der Waals surface area contributed by atoms with Crippen LogP contribution in [0.15, 0.2) is 48.1 Å². The molecule has 42 heavy (non-hydrogen) atoms. The standard InChI is InChI=1S/C33H41NO8/c1-31-13-9-22(35)17-20(31)3-8-25-26-10-14-33(39,32(26,2)18-27(36)29(25)31)28(37)19-41-30(38)34-21-4-6-23(7-5-21)42-24-11-15-40-16-12-24/h4-7,9,13,17,24-27,29,36,39H,3,8,10-12,14-16,18-19H2,1-2H3,(H,34,38)/t25?,26?,27-,29?,31?,32?,33-/m0/s1. The molecule has 0 aromatic heterocycles. The van der Waals surface area contributed by atoms with Crippen molar-refractivity contribution in [3.05, 3.63) is 48.1 Å². The fourth-order valence-corrected chi connectivity index (χ4v) is 8.80. The number of rotatable bonds is 6. The zero-order valence-electron chi connectivity index (χ0n) is 24.3. The first kappa shape index (κ1) is 29.1. The van der Waals surface area contributed by atoms with E-state index in [1.165, 1.54) is 0 Å². The molecule has 5 unspecified atom stereocenters. The number of Topliss-reactive ketones (excluding diaryl/α,β-unsaturated/α-hetero) is 1. The number of anilines is 1. The topological polar surface area (TPSA) is 131 Å². The Morgan fingerprint density at radius 2 is 1.83 bits per heavy atom. The lowest BCUT2D eigenvalue weighted by molar-refractivity contribution is -0.178. The Morgan fingerprint density at radius 1 is 1.10 bits per heavy atom. The number of nitrogens with one attached hydrogen (secondary N) is 1. The third-order valence-electron chi connectivity index (χ3n) is 11.0. The molecule has 5 aliphatic rings. The number of fused-ring (bicyclic) bond motifs is 5. The van der Waals surface area contributed by atoms with Gasteiger partial charge in [-0.2, -0.15) is 0 Å². The monoisotopic (exact) mass is 579 g/mol. The summed E-state index contributed by atoms with van der Waals surface area (Å²) in [6.45, 7) is 4.81. The number of hydrogen-bond donors (Lipinski definition) is 3. The van der Waals surface area contributed by atoms with E-state index in [-0.39, 0.29) is 42.5 Å². The van der Waals surface area contributed by atoms with Gasteiger partial charge >= 0.3 is 6.09 Å². The number of ketones is 2. The Balaban J connectivity index is 1.08. The zero-order chi connectivity index (χ0) is 29.7. The van der Waals surface area contributed by atoms with Crippen LogP contribution >= 0.6 is 0 Å². The van der Waals surface area contributed by atoms with Gasteiger partial charge < -0.3 is 24.4 Å². The SMILES string of the molecule is CC12C=CC(=O)C=C1CCC1C2[C@@H](O)CC2(C)C1CC[C@]2(O)C(=O)COC(=O)Nc1ccc(OC2CCOCC2)cc1. The summed E-state index contributed by atoms with van der Waals surface area (Å²) < 4.78 is 16.6. The first-order valence-corrected chi connectivity index (χ1v) is 15.2. The minimum Gasteiger partial charge on any atom is -0.490 e. The highest BCUT2D eigenvalue weighted by Gasteiger charge is 2.68. The van der Waals surface area contributed by atoms with Crippen LogP contribution in [0.5, 0.6) is 5.75 Å². The van der Waals surface area contributed by atoms with E-state index in [0.29, 0.717) is 31.1 Å². The minimum absolute atomic E-state index is 0.0162. The highest BCUT2D eigenvalue weighted by atomic mass is 16.6. The van der Waals surface area contributed by atoms with Gasteiger partial charge in [0, 0.05) is 35.3 Å². The molecule has 1 aromatic carbocycles. The number of carbonyl (C=O) groups excluding carboxylic acids is 3. The van der Waals surface area contributed by atoms with Crippen LogP contribution in [0.2, 0.25) is 0 Å². The van der Waals surface area contributed by atoms with Crippen molar-refractivity contribution in [2.75, 3.05) is 25.1 Å². The number of carbonyl (C=O) groups is 3. The van der Waals surface area contributed by atoms with Crippen LogP contribution < -0.4 is 10.1 Å². The van der Waals surface area contributed by atoms with E-state index in [9.17, 15) is 24.6 Å². The summed E-state index contributed by atoms with van der Waals surface area (Å²) in [6.07, 6.45) is 8.23. The molecule has 1 aliphatic heterocycles. The first-order chi connectivity index (χ1) is 20.0. The normalized spacial score (nSPS) is 37.6. The summed E-state index contributed by atoms with van der Waals surface area (Å²) in [5, 5.41) is 26.0. The van der Waals surface area contributed by atoms with E-state index in [2.05, 4.69) is 12.2 Å². The van der Waals surface area contributed by atoms with Crippen LogP contribution in [0.1, 0.15) is 58.8 Å². The Morgan fingerprint density at radius 3 is 2.57 bits per heavy atom. The minimum atomic E-state index is -1.71. The van der Waals surface area contributed by atoms with E-state index in [4.69, 9.17) is 14.2 Å². The predicted molar refractivity (Wildman–Crippen MR) is 154 cm³/mol. The molecule has 4 aliphatic carbocycles. The number of aliphatic hydroxyl groups excluding tert-OH is 1. The molecule has 3 saturated carbocycles. The molecular weight excluding hydrogens is 538 g/mol. The van der Waals surface area contributed by atoms with E-state index in [1.54, 1.807) is 36.4 Å². The summed E-state index contributed by atoms with van der Waals surface area (Å²) in [5.74, 6) is 0.180. The summed E-state index contributed by atoms with van der Waals surface area (Å²) in [7, 11) is 0. The van der Waals surface area contributed by atoms with E-state index in [1.807, 2.05) is 13.0 Å². The van der Waals surface area contributed by atoms with Crippen LogP contribution in [0.25, 0.3) is 0 Å². The fourth-order valence-electron chi connectivity index (χ4n) is 8.80. The van der Waals surface area contributed by atoms with E-state index >= 15 is 0 Å². The summed E-state index contributed by atoms with van der Waals surface area (Å²) in [6, 6.07) is 6.95. The predicted octanol–water partition coefficient (Wildman–Crippen LogP) is 4.37. The van der Waals surface area contributed by atoms with Gasteiger partial charge in [-0.25, -0.2) is 4.79 Å². The van der Waals surface area contributed by atoms with Crippen LogP contribution in [-0.4, -0.2) is 65.5 Å². The number of hydrogen-bond acceptors (Lipinski definition) is 8. The van der Waals surface area contributed by atoms with Gasteiger partial charge in [0.1, 0.15) is 17.5 Å². The van der Waals surface area contributed by atoms with Crippen molar-refractivity contribution in [1.82, 2.24) is 0 Å². The Bertz CT molecular complexity index is 1300. The molecule has 1 aromatic rings. The van der Waals surface area contributed by atoms with Crippen molar-refractivity contribution >= 4 is 23.3 Å². The largest absolute Gasteiger partial charge is 0.490 e. The smallest absolute Gasteiger partial charge is 0.412 e. The van der Waals surface area contributed by atoms with Crippen LogP contribution in [-0.2, 0) is 19.1 Å². The fraction of sp³-hybridized carbons (Fsp3) is 0.606. The lowest BCUT2D eigenvalue weighted by Crippen LogP contribution is -2.61. The van der Waals surface area contributed by atoms with E-state index in [0.717, 1.165) is 31.3 Å². The van der Waals surface area contributed by atoms with Gasteiger partial charge in [-0.05, 0) is 80.4 Å². The van der Waals surface area contributed by atoms with Crippen LogP contribution in [0.4, 0.5) is 10.5 Å². The van der Waals surface area contributed by atoms with Crippen molar-refractivity contribution in [2.24, 2.45) is 28.6 Å². The molecule has 1 amide bonds. The maximum absolute atomic E-state index is 13.5. The van der Waals surface area contributed by atoms with E-state index < -0.39 is 41.0 Å². The molecule has 1 heterocycles. The van der Waals surface area contributed by atoms with Gasteiger partial charge in [0.05, 0.1) is 19.3 Å². The molecule has 7 atom stereocenters. The second-order valence-electron chi connectivity index (χ2n) is 13.2. The lowest BCUT2D eigenvalue weighted by atomic mass is 9.46. The zero-order valence-corrected chi connectivity index (χ0v) is 24.3. The van der Waals surface area contributed by atoms with Crippen molar-refractivity contribution < 1.29 is 38.8 Å². The third kappa shape index (κ3) is 4.89. The maximum atomic E-state index is 13.5. The molecule has 9 heteroatoms. The molecule has 4 fully saturated rings. The molecule has 3 N–H and O–H groups in total. The van der Waals surface area contributed by atoms with Gasteiger partial charge in [0.15, 0.2) is 12.4 Å². The second-order valence-corrected chi connectivity index (χ2v) is 13.2. The molecule has 0 spiro atoms. The number of aliphatic hydroxyl groups is 2. The van der Waals surface area contributed by atoms with Gasteiger partial charge in [0.2, 0.25) is 5.78 Å².